The molecule has 3 atom stereocenters. The van der Waals surface area contributed by atoms with E-state index in [2.05, 4.69) is 5.32 Å². The molecule has 2 rings (SSSR count). The van der Waals surface area contributed by atoms with Crippen LogP contribution in [-0.2, 0) is 16.8 Å². The lowest BCUT2D eigenvalue weighted by molar-refractivity contribution is -0.147. The highest BCUT2D eigenvalue weighted by Gasteiger charge is 2.52. The average molecular weight is 338 g/mol. The molecule has 0 bridgehead atoms. The number of nitrogens with one attached hydrogen (secondary N) is 1. The van der Waals surface area contributed by atoms with E-state index in [1.807, 2.05) is 0 Å². The molecule has 1 aliphatic rings. The van der Waals surface area contributed by atoms with E-state index in [-0.39, 0.29) is 12.2 Å². The van der Waals surface area contributed by atoms with Crippen LogP contribution in [0.1, 0.15) is 42.5 Å². The number of hydrogen-bond donors (Lipinski definition) is 5. The maximum absolute atomic E-state index is 14.2. The van der Waals surface area contributed by atoms with Crippen LogP contribution in [-0.4, -0.2) is 35.3 Å². The van der Waals surface area contributed by atoms with Crippen LogP contribution >= 0.6 is 0 Å². The van der Waals surface area contributed by atoms with Gasteiger partial charge in [-0.2, -0.15) is 0 Å². The highest BCUT2D eigenvalue weighted by Crippen LogP contribution is 2.45. The normalized spacial score (nSPS) is 23.8. The molecule has 1 aromatic carbocycles. The van der Waals surface area contributed by atoms with E-state index in [0.717, 1.165) is 0 Å². The minimum atomic E-state index is -1.41. The number of nitrogens with two attached hydrogens (primary N) is 1. The van der Waals surface area contributed by atoms with Crippen molar-refractivity contribution >= 4 is 13.1 Å². The van der Waals surface area contributed by atoms with Gasteiger partial charge in [-0.15, -0.1) is 0 Å². The molecule has 0 fully saturated rings. The largest absolute Gasteiger partial charge is 0.480 e. The molecule has 0 radical (unpaired) electrons. The minimum Gasteiger partial charge on any atom is -0.480 e. The lowest BCUT2D eigenvalue weighted by Gasteiger charge is -2.32. The molecule has 6 N–H and O–H groups in total. The zero-order valence-electron chi connectivity index (χ0n) is 13.9. The molecule has 0 amide bonds. The molecule has 0 saturated carbocycles. The number of carbonyl (C=O) groups is 1. The van der Waals surface area contributed by atoms with Crippen molar-refractivity contribution in [3.8, 4) is 0 Å². The Morgan fingerprint density at radius 2 is 2.21 bits per heavy atom. The summed E-state index contributed by atoms with van der Waals surface area (Å²) in [6.45, 7) is 1.65. The van der Waals surface area contributed by atoms with E-state index in [1.165, 1.54) is 6.07 Å². The van der Waals surface area contributed by atoms with Gasteiger partial charge in [0.15, 0.2) is 0 Å². The van der Waals surface area contributed by atoms with Crippen molar-refractivity contribution in [3.63, 3.8) is 0 Å². The Kier molecular flexibility index (Phi) is 5.65. The number of benzene rings is 1. The third-order valence-electron chi connectivity index (χ3n) is 4.96. The van der Waals surface area contributed by atoms with Gasteiger partial charge in [-0.3, -0.25) is 0 Å². The second-order valence-corrected chi connectivity index (χ2v) is 6.50. The van der Waals surface area contributed by atoms with Crippen LogP contribution in [0, 0.1) is 11.7 Å². The van der Waals surface area contributed by atoms with Crippen molar-refractivity contribution in [1.82, 2.24) is 5.32 Å². The van der Waals surface area contributed by atoms with Crippen molar-refractivity contribution in [3.05, 3.63) is 34.6 Å². The maximum atomic E-state index is 14.2. The summed E-state index contributed by atoms with van der Waals surface area (Å²) in [4.78, 5) is 12.1. The first-order valence-electron chi connectivity index (χ1n) is 8.10. The molecule has 0 unspecified atom stereocenters. The minimum absolute atomic E-state index is 0.172. The van der Waals surface area contributed by atoms with Gasteiger partial charge in [-0.05, 0) is 62.3 Å². The number of fused-ring (bicyclic) bond motifs is 1. The number of carboxylic acids is 1. The predicted octanol–water partition coefficient (Wildman–Crippen LogP) is 0.770. The summed E-state index contributed by atoms with van der Waals surface area (Å²) in [7, 11) is 0.163. The van der Waals surface area contributed by atoms with Crippen LogP contribution in [0.4, 0.5) is 4.39 Å². The van der Waals surface area contributed by atoms with Crippen molar-refractivity contribution < 1.29 is 24.3 Å². The van der Waals surface area contributed by atoms with Gasteiger partial charge in [-0.25, -0.2) is 9.18 Å². The number of likely N-dealkylation sites (N-methyl/N-ethyl adjacent to an activating group) is 1. The van der Waals surface area contributed by atoms with E-state index in [4.69, 9.17) is 15.8 Å². The summed E-state index contributed by atoms with van der Waals surface area (Å²) in [5, 5.41) is 30.8. The summed E-state index contributed by atoms with van der Waals surface area (Å²) >= 11 is 0. The second-order valence-electron chi connectivity index (χ2n) is 6.50. The number of carboxylic acid groups (broad SMARTS) is 1. The van der Waals surface area contributed by atoms with Crippen LogP contribution < -0.4 is 11.1 Å². The average Bonchev–Trinajstić information content (AvgIpc) is 2.79. The lowest BCUT2D eigenvalue weighted by Crippen LogP contribution is -2.51. The highest BCUT2D eigenvalue weighted by atomic mass is 19.1. The van der Waals surface area contributed by atoms with Crippen LogP contribution in [0.15, 0.2) is 12.1 Å². The Morgan fingerprint density at radius 3 is 2.71 bits per heavy atom. The van der Waals surface area contributed by atoms with Gasteiger partial charge in [0.2, 0.25) is 0 Å². The Hall–Kier alpha value is -1.48. The molecule has 0 aliphatic heterocycles. The third-order valence-corrected chi connectivity index (χ3v) is 4.96. The first-order chi connectivity index (χ1) is 11.2. The SMILES string of the molecule is CN[C@@]1(C(=O)O)c2cc([C@H](C)N)c(F)cc2C[C@@H]1CCCB(O)O. The van der Waals surface area contributed by atoms with E-state index >= 15 is 0 Å². The van der Waals surface area contributed by atoms with E-state index in [1.54, 1.807) is 20.0 Å². The molecular weight excluding hydrogens is 314 g/mol. The lowest BCUT2D eigenvalue weighted by atomic mass is 9.76. The van der Waals surface area contributed by atoms with Gasteiger partial charge in [0.25, 0.3) is 0 Å². The fraction of sp³-hybridized carbons (Fsp3) is 0.562. The van der Waals surface area contributed by atoms with Crippen LogP contribution in [0.2, 0.25) is 6.32 Å². The van der Waals surface area contributed by atoms with Crippen LogP contribution in [0.5, 0.6) is 0 Å². The maximum Gasteiger partial charge on any atom is 0.451 e. The van der Waals surface area contributed by atoms with Crippen molar-refractivity contribution in [2.45, 2.75) is 44.1 Å². The topological polar surface area (TPSA) is 116 Å². The molecule has 0 heterocycles. The number of rotatable bonds is 7. The van der Waals surface area contributed by atoms with Crippen molar-refractivity contribution in [2.24, 2.45) is 11.7 Å². The predicted molar refractivity (Wildman–Crippen MR) is 88.8 cm³/mol. The van der Waals surface area contributed by atoms with E-state index < -0.39 is 30.5 Å². The fourth-order valence-electron chi connectivity index (χ4n) is 3.76. The number of aliphatic carboxylic acids is 1. The highest BCUT2D eigenvalue weighted by molar-refractivity contribution is 6.40. The van der Waals surface area contributed by atoms with Gasteiger partial charge < -0.3 is 26.2 Å². The molecule has 24 heavy (non-hydrogen) atoms. The van der Waals surface area contributed by atoms with E-state index in [9.17, 15) is 14.3 Å². The fourth-order valence-corrected chi connectivity index (χ4v) is 3.76. The first kappa shape index (κ1) is 18.9. The van der Waals surface area contributed by atoms with Gasteiger partial charge in [0.1, 0.15) is 11.4 Å². The summed E-state index contributed by atoms with van der Waals surface area (Å²) < 4.78 is 14.2. The molecule has 0 spiro atoms. The van der Waals surface area contributed by atoms with Gasteiger partial charge in [-0.1, -0.05) is 6.42 Å². The monoisotopic (exact) mass is 338 g/mol. The molecular formula is C16H24BFN2O4. The summed E-state index contributed by atoms with van der Waals surface area (Å²) in [5.74, 6) is -1.76. The van der Waals surface area contributed by atoms with Gasteiger partial charge in [0.05, 0.1) is 0 Å². The smallest absolute Gasteiger partial charge is 0.451 e. The molecule has 8 heteroatoms. The zero-order valence-corrected chi connectivity index (χ0v) is 13.9. The molecule has 1 aromatic rings. The molecule has 132 valence electrons. The molecule has 0 saturated heterocycles. The van der Waals surface area contributed by atoms with Gasteiger partial charge in [0, 0.05) is 11.6 Å². The van der Waals surface area contributed by atoms with Crippen molar-refractivity contribution in [1.29, 1.82) is 0 Å². The van der Waals surface area contributed by atoms with Crippen molar-refractivity contribution in [2.75, 3.05) is 7.05 Å². The Bertz CT molecular complexity index is 626. The second kappa shape index (κ2) is 7.19. The summed E-state index contributed by atoms with van der Waals surface area (Å²) in [6.07, 6.45) is 1.54. The number of halogens is 1. The molecule has 6 nitrogen and oxygen atoms in total. The Balaban J connectivity index is 2.44. The summed E-state index contributed by atoms with van der Waals surface area (Å²) in [6, 6.07) is 2.40. The first-order valence-corrected chi connectivity index (χ1v) is 8.10. The summed E-state index contributed by atoms with van der Waals surface area (Å²) in [5.41, 5.74) is 5.96. The van der Waals surface area contributed by atoms with E-state index in [0.29, 0.717) is 36.0 Å². The van der Waals surface area contributed by atoms with Gasteiger partial charge >= 0.3 is 13.1 Å². The zero-order chi connectivity index (χ0) is 18.1. The quantitative estimate of drug-likeness (QED) is 0.469. The molecule has 0 aromatic heterocycles. The number of hydrogen-bond acceptors (Lipinski definition) is 5. The Labute approximate surface area is 141 Å². The third kappa shape index (κ3) is 3.19. The van der Waals surface area contributed by atoms with Crippen LogP contribution in [0.3, 0.4) is 0 Å². The van der Waals surface area contributed by atoms with Crippen LogP contribution in [0.25, 0.3) is 0 Å². The molecule has 1 aliphatic carbocycles. The standard InChI is InChI=1S/C16H24BFN2O4/c1-9(19)12-8-13-10(7-14(12)18)6-11(4-3-5-17(23)24)16(13,20-2)15(21)22/h7-9,11,20,23-24H,3-6,19H2,1-2H3,(H,21,22)/t9-,11-,16+/m0/s1. The Morgan fingerprint density at radius 1 is 1.54 bits per heavy atom.